The average Bonchev–Trinajstić information content (AvgIpc) is 2.05. The van der Waals surface area contributed by atoms with Gasteiger partial charge >= 0.3 is 0 Å². The molecule has 0 rings (SSSR count). The summed E-state index contributed by atoms with van der Waals surface area (Å²) >= 11 is 0. The van der Waals surface area contributed by atoms with E-state index in [4.69, 9.17) is 5.26 Å². The zero-order chi connectivity index (χ0) is 9.40. The van der Waals surface area contributed by atoms with Gasteiger partial charge in [-0.05, 0) is 40.5 Å². The van der Waals surface area contributed by atoms with Gasteiger partial charge in [-0.25, -0.2) is 0 Å². The fourth-order valence-electron chi connectivity index (χ4n) is 1.13. The highest BCUT2D eigenvalue weighted by Gasteiger charge is 2.03. The summed E-state index contributed by atoms with van der Waals surface area (Å²) in [6, 6.07) is 2.23. The van der Waals surface area contributed by atoms with Crippen LogP contribution in [0.3, 0.4) is 0 Å². The first-order valence-corrected chi connectivity index (χ1v) is 4.43. The van der Waals surface area contributed by atoms with Crippen LogP contribution >= 0.6 is 0 Å². The maximum atomic E-state index is 8.57. The maximum Gasteiger partial charge on any atom is 0.0666 e. The molecule has 1 N–H and O–H groups in total. The second kappa shape index (κ2) is 7.08. The lowest BCUT2D eigenvalue weighted by Crippen LogP contribution is -2.26. The molecular weight excluding hydrogens is 150 g/mol. The van der Waals surface area contributed by atoms with Crippen LogP contribution < -0.4 is 5.32 Å². The Labute approximate surface area is 75.4 Å². The minimum absolute atomic E-state index is 0.143. The van der Waals surface area contributed by atoms with Crippen molar-refractivity contribution in [2.45, 2.75) is 13.3 Å². The summed E-state index contributed by atoms with van der Waals surface area (Å²) in [6.07, 6.45) is 1.14. The molecule has 0 aliphatic heterocycles. The number of hydrogen-bond acceptors (Lipinski definition) is 3. The molecule has 0 aromatic carbocycles. The van der Waals surface area contributed by atoms with E-state index in [-0.39, 0.29) is 5.92 Å². The van der Waals surface area contributed by atoms with E-state index in [1.54, 1.807) is 0 Å². The van der Waals surface area contributed by atoms with Gasteiger partial charge in [0.25, 0.3) is 0 Å². The molecule has 12 heavy (non-hydrogen) atoms. The van der Waals surface area contributed by atoms with E-state index < -0.39 is 0 Å². The predicted molar refractivity (Wildman–Crippen MR) is 50.8 cm³/mol. The Morgan fingerprint density at radius 1 is 1.58 bits per heavy atom. The summed E-state index contributed by atoms with van der Waals surface area (Å²) < 4.78 is 0. The first-order valence-electron chi connectivity index (χ1n) is 4.43. The highest BCUT2D eigenvalue weighted by molar-refractivity contribution is 4.80. The molecule has 0 heterocycles. The van der Waals surface area contributed by atoms with Crippen molar-refractivity contribution in [3.05, 3.63) is 0 Å². The molecule has 1 atom stereocenters. The minimum Gasteiger partial charge on any atom is -0.320 e. The van der Waals surface area contributed by atoms with Crippen LogP contribution in [-0.2, 0) is 0 Å². The van der Waals surface area contributed by atoms with E-state index in [2.05, 4.69) is 23.3 Å². The van der Waals surface area contributed by atoms with Gasteiger partial charge in [0.15, 0.2) is 0 Å². The van der Waals surface area contributed by atoms with Gasteiger partial charge in [-0.15, -0.1) is 0 Å². The van der Waals surface area contributed by atoms with Crippen LogP contribution in [0, 0.1) is 17.2 Å². The van der Waals surface area contributed by atoms with Crippen molar-refractivity contribution in [1.82, 2.24) is 10.2 Å². The van der Waals surface area contributed by atoms with Crippen LogP contribution in [0.2, 0.25) is 0 Å². The Morgan fingerprint density at radius 2 is 2.25 bits per heavy atom. The second-order valence-corrected chi connectivity index (χ2v) is 3.25. The number of hydrogen-bond donors (Lipinski definition) is 1. The molecule has 0 saturated heterocycles. The van der Waals surface area contributed by atoms with Crippen molar-refractivity contribution < 1.29 is 0 Å². The summed E-state index contributed by atoms with van der Waals surface area (Å²) in [4.78, 5) is 2.20. The molecule has 0 amide bonds. The van der Waals surface area contributed by atoms with Gasteiger partial charge in [-0.3, -0.25) is 0 Å². The predicted octanol–water partition coefficient (Wildman–Crippen LogP) is 0.687. The Kier molecular flexibility index (Phi) is 6.73. The third kappa shape index (κ3) is 6.14. The fraction of sp³-hybridized carbons (Fsp3) is 0.889. The molecule has 3 nitrogen and oxygen atoms in total. The third-order valence-electron chi connectivity index (χ3n) is 1.77. The van der Waals surface area contributed by atoms with Crippen LogP contribution in [0.15, 0.2) is 0 Å². The zero-order valence-electron chi connectivity index (χ0n) is 8.30. The maximum absolute atomic E-state index is 8.57. The van der Waals surface area contributed by atoms with Crippen LogP contribution in [0.1, 0.15) is 13.3 Å². The molecule has 70 valence electrons. The largest absolute Gasteiger partial charge is 0.320 e. The van der Waals surface area contributed by atoms with E-state index in [0.717, 1.165) is 26.1 Å². The second-order valence-electron chi connectivity index (χ2n) is 3.25. The highest BCUT2D eigenvalue weighted by atomic mass is 15.1. The standard InChI is InChI=1S/C9H19N3/c1-9(7-10)8-12(3)6-4-5-11-2/h9,11H,4-6,8H2,1-3H3. The summed E-state index contributed by atoms with van der Waals surface area (Å²) in [5.41, 5.74) is 0. The van der Waals surface area contributed by atoms with Gasteiger partial charge in [0.05, 0.1) is 12.0 Å². The SMILES string of the molecule is CNCCCN(C)CC(C)C#N. The Balaban J connectivity index is 3.34. The molecule has 0 bridgehead atoms. The lowest BCUT2D eigenvalue weighted by Gasteiger charge is -2.17. The first-order chi connectivity index (χ1) is 5.70. The van der Waals surface area contributed by atoms with Crippen molar-refractivity contribution in [2.75, 3.05) is 33.7 Å². The van der Waals surface area contributed by atoms with Gasteiger partial charge in [-0.1, -0.05) is 0 Å². The van der Waals surface area contributed by atoms with E-state index >= 15 is 0 Å². The molecule has 0 aliphatic rings. The summed E-state index contributed by atoms with van der Waals surface area (Å²) in [5, 5.41) is 11.7. The summed E-state index contributed by atoms with van der Waals surface area (Å²) in [6.45, 7) is 4.94. The molecule has 0 aliphatic carbocycles. The molecule has 0 spiro atoms. The Bertz CT molecular complexity index is 139. The average molecular weight is 169 g/mol. The highest BCUT2D eigenvalue weighted by Crippen LogP contribution is 1.96. The van der Waals surface area contributed by atoms with Crippen molar-refractivity contribution >= 4 is 0 Å². The Morgan fingerprint density at radius 3 is 2.75 bits per heavy atom. The smallest absolute Gasteiger partial charge is 0.0666 e. The first kappa shape index (κ1) is 11.4. The topological polar surface area (TPSA) is 39.1 Å². The zero-order valence-corrected chi connectivity index (χ0v) is 8.30. The molecule has 0 aromatic rings. The molecule has 0 aromatic heterocycles. The van der Waals surface area contributed by atoms with Crippen molar-refractivity contribution in [1.29, 1.82) is 5.26 Å². The van der Waals surface area contributed by atoms with E-state index in [9.17, 15) is 0 Å². The molecule has 0 saturated carbocycles. The monoisotopic (exact) mass is 169 g/mol. The minimum atomic E-state index is 0.143. The third-order valence-corrected chi connectivity index (χ3v) is 1.77. The van der Waals surface area contributed by atoms with Gasteiger partial charge in [-0.2, -0.15) is 5.26 Å². The van der Waals surface area contributed by atoms with Crippen LogP contribution in [0.4, 0.5) is 0 Å². The molecule has 0 fully saturated rings. The number of rotatable bonds is 6. The molecular formula is C9H19N3. The van der Waals surface area contributed by atoms with Gasteiger partial charge in [0, 0.05) is 6.54 Å². The van der Waals surface area contributed by atoms with Crippen molar-refractivity contribution in [3.63, 3.8) is 0 Å². The van der Waals surface area contributed by atoms with Gasteiger partial charge in [0.1, 0.15) is 0 Å². The van der Waals surface area contributed by atoms with Crippen molar-refractivity contribution in [2.24, 2.45) is 5.92 Å². The van der Waals surface area contributed by atoms with Gasteiger partial charge < -0.3 is 10.2 Å². The fourth-order valence-corrected chi connectivity index (χ4v) is 1.13. The van der Waals surface area contributed by atoms with E-state index in [0.29, 0.717) is 0 Å². The Hall–Kier alpha value is -0.590. The van der Waals surface area contributed by atoms with Crippen LogP contribution in [0.5, 0.6) is 0 Å². The summed E-state index contributed by atoms with van der Waals surface area (Å²) in [7, 11) is 4.02. The van der Waals surface area contributed by atoms with Crippen LogP contribution in [-0.4, -0.2) is 38.6 Å². The normalized spacial score (nSPS) is 12.9. The van der Waals surface area contributed by atoms with E-state index in [1.165, 1.54) is 0 Å². The van der Waals surface area contributed by atoms with Crippen LogP contribution in [0.25, 0.3) is 0 Å². The number of nitrogens with one attached hydrogen (secondary N) is 1. The van der Waals surface area contributed by atoms with Crippen molar-refractivity contribution in [3.8, 4) is 6.07 Å². The molecule has 1 unspecified atom stereocenters. The van der Waals surface area contributed by atoms with E-state index in [1.807, 2.05) is 14.0 Å². The molecule has 3 heteroatoms. The summed E-state index contributed by atoms with van der Waals surface area (Å²) in [5.74, 6) is 0.143. The lowest BCUT2D eigenvalue weighted by molar-refractivity contribution is 0.306. The lowest BCUT2D eigenvalue weighted by atomic mass is 10.2. The number of nitrogens with zero attached hydrogens (tertiary/aromatic N) is 2. The molecule has 0 radical (unpaired) electrons. The number of nitriles is 1. The quantitative estimate of drug-likeness (QED) is 0.594. The van der Waals surface area contributed by atoms with Gasteiger partial charge in [0.2, 0.25) is 0 Å².